The third-order valence-corrected chi connectivity index (χ3v) is 4.01. The van der Waals surface area contributed by atoms with Crippen molar-refractivity contribution in [3.8, 4) is 0 Å². The predicted octanol–water partition coefficient (Wildman–Crippen LogP) is 3.55. The third kappa shape index (κ3) is 2.82. The summed E-state index contributed by atoms with van der Waals surface area (Å²) in [5.41, 5.74) is 6.91. The zero-order valence-corrected chi connectivity index (χ0v) is 12.1. The van der Waals surface area contributed by atoms with E-state index in [1.807, 2.05) is 18.2 Å². The summed E-state index contributed by atoms with van der Waals surface area (Å²) in [7, 11) is 2.14. The van der Waals surface area contributed by atoms with Crippen LogP contribution in [0, 0.1) is 0 Å². The molecular weight excluding hydrogens is 236 g/mol. The minimum Gasteiger partial charge on any atom is -0.459 e. The van der Waals surface area contributed by atoms with E-state index < -0.39 is 0 Å². The largest absolute Gasteiger partial charge is 0.459 e. The maximum Gasteiger partial charge on any atom is 0.134 e. The zero-order valence-electron chi connectivity index (χ0n) is 12.1. The van der Waals surface area contributed by atoms with Gasteiger partial charge >= 0.3 is 0 Å². The summed E-state index contributed by atoms with van der Waals surface area (Å²) in [6.45, 7) is 5.01. The molecule has 19 heavy (non-hydrogen) atoms. The standard InChI is InChI=1S/C16H24N2O/c1-4-13(5-2)18(3)14(11-17)16-10-12-8-6-7-9-15(12)19-16/h6-10,13-14H,4-5,11,17H2,1-3H3. The second-order valence-electron chi connectivity index (χ2n) is 5.07. The van der Waals surface area contributed by atoms with E-state index in [9.17, 15) is 0 Å². The van der Waals surface area contributed by atoms with E-state index in [1.165, 1.54) is 0 Å². The Morgan fingerprint density at radius 2 is 1.89 bits per heavy atom. The molecule has 0 spiro atoms. The van der Waals surface area contributed by atoms with Crippen LogP contribution in [0.5, 0.6) is 0 Å². The summed E-state index contributed by atoms with van der Waals surface area (Å²) in [6, 6.07) is 10.9. The van der Waals surface area contributed by atoms with Gasteiger partial charge in [-0.2, -0.15) is 0 Å². The van der Waals surface area contributed by atoms with Crippen LogP contribution in [-0.2, 0) is 0 Å². The Morgan fingerprint density at radius 3 is 2.47 bits per heavy atom. The van der Waals surface area contributed by atoms with Crippen LogP contribution in [0.3, 0.4) is 0 Å². The first kappa shape index (κ1) is 14.1. The van der Waals surface area contributed by atoms with Crippen molar-refractivity contribution in [1.29, 1.82) is 0 Å². The number of rotatable bonds is 6. The van der Waals surface area contributed by atoms with Crippen molar-refractivity contribution in [2.24, 2.45) is 5.73 Å². The van der Waals surface area contributed by atoms with Gasteiger partial charge in [-0.3, -0.25) is 4.90 Å². The lowest BCUT2D eigenvalue weighted by Gasteiger charge is -2.32. The smallest absolute Gasteiger partial charge is 0.134 e. The molecule has 2 N–H and O–H groups in total. The predicted molar refractivity (Wildman–Crippen MR) is 80.1 cm³/mol. The molecule has 1 aromatic heterocycles. The molecule has 1 aromatic carbocycles. The van der Waals surface area contributed by atoms with Crippen molar-refractivity contribution in [3.63, 3.8) is 0 Å². The van der Waals surface area contributed by atoms with Crippen molar-refractivity contribution < 1.29 is 4.42 Å². The van der Waals surface area contributed by atoms with Crippen LogP contribution in [0.4, 0.5) is 0 Å². The monoisotopic (exact) mass is 260 g/mol. The molecule has 0 radical (unpaired) electrons. The number of furan rings is 1. The highest BCUT2D eigenvalue weighted by molar-refractivity contribution is 5.77. The average Bonchev–Trinajstić information content (AvgIpc) is 2.84. The molecule has 2 aromatic rings. The van der Waals surface area contributed by atoms with Gasteiger partial charge in [0, 0.05) is 18.0 Å². The number of nitrogens with zero attached hydrogens (tertiary/aromatic N) is 1. The Hall–Kier alpha value is -1.32. The number of benzene rings is 1. The van der Waals surface area contributed by atoms with Crippen molar-refractivity contribution >= 4 is 11.0 Å². The van der Waals surface area contributed by atoms with Crippen molar-refractivity contribution in [2.75, 3.05) is 13.6 Å². The van der Waals surface area contributed by atoms with Crippen molar-refractivity contribution in [3.05, 3.63) is 36.1 Å². The second kappa shape index (κ2) is 6.22. The zero-order chi connectivity index (χ0) is 13.8. The molecule has 1 unspecified atom stereocenters. The van der Waals surface area contributed by atoms with Crippen LogP contribution in [0.1, 0.15) is 38.5 Å². The Labute approximate surface area is 115 Å². The Bertz CT molecular complexity index is 483. The summed E-state index contributed by atoms with van der Waals surface area (Å²) in [6.07, 6.45) is 2.26. The molecule has 0 bridgehead atoms. The third-order valence-electron chi connectivity index (χ3n) is 4.01. The van der Waals surface area contributed by atoms with Gasteiger partial charge in [0.15, 0.2) is 0 Å². The topological polar surface area (TPSA) is 42.4 Å². The quantitative estimate of drug-likeness (QED) is 0.863. The lowest BCUT2D eigenvalue weighted by Crippen LogP contribution is -2.37. The van der Waals surface area contributed by atoms with Gasteiger partial charge in [0.05, 0.1) is 6.04 Å². The van der Waals surface area contributed by atoms with E-state index in [4.69, 9.17) is 10.2 Å². The average molecular weight is 260 g/mol. The molecule has 0 fully saturated rings. The summed E-state index contributed by atoms with van der Waals surface area (Å²) in [5, 5.41) is 1.15. The van der Waals surface area contributed by atoms with Gasteiger partial charge in [0.25, 0.3) is 0 Å². The van der Waals surface area contributed by atoms with E-state index in [1.54, 1.807) is 0 Å². The molecule has 0 saturated heterocycles. The highest BCUT2D eigenvalue weighted by atomic mass is 16.3. The molecule has 1 heterocycles. The molecule has 104 valence electrons. The fourth-order valence-corrected chi connectivity index (χ4v) is 2.77. The van der Waals surface area contributed by atoms with Gasteiger partial charge in [0.2, 0.25) is 0 Å². The first-order chi connectivity index (χ1) is 9.21. The number of hydrogen-bond donors (Lipinski definition) is 1. The van der Waals surface area contributed by atoms with E-state index in [0.29, 0.717) is 12.6 Å². The van der Waals surface area contributed by atoms with Crippen LogP contribution in [0.2, 0.25) is 0 Å². The Balaban J connectivity index is 2.30. The van der Waals surface area contributed by atoms with Gasteiger partial charge in [-0.1, -0.05) is 32.0 Å². The lowest BCUT2D eigenvalue weighted by molar-refractivity contribution is 0.151. The molecule has 0 aliphatic rings. The Kier molecular flexibility index (Phi) is 4.61. The normalized spacial score (nSPS) is 13.6. The number of para-hydroxylation sites is 1. The second-order valence-corrected chi connectivity index (χ2v) is 5.07. The van der Waals surface area contributed by atoms with E-state index >= 15 is 0 Å². The number of nitrogens with two attached hydrogens (primary N) is 1. The van der Waals surface area contributed by atoms with Gasteiger partial charge < -0.3 is 10.2 Å². The van der Waals surface area contributed by atoms with Crippen LogP contribution in [0.25, 0.3) is 11.0 Å². The van der Waals surface area contributed by atoms with Crippen LogP contribution < -0.4 is 5.73 Å². The summed E-state index contributed by atoms with van der Waals surface area (Å²) >= 11 is 0. The van der Waals surface area contributed by atoms with Crippen LogP contribution >= 0.6 is 0 Å². The SMILES string of the molecule is CCC(CC)N(C)C(CN)c1cc2ccccc2o1. The minimum atomic E-state index is 0.150. The molecule has 0 saturated carbocycles. The highest BCUT2D eigenvalue weighted by Crippen LogP contribution is 2.28. The first-order valence-electron chi connectivity index (χ1n) is 7.11. The number of hydrogen-bond acceptors (Lipinski definition) is 3. The fourth-order valence-electron chi connectivity index (χ4n) is 2.77. The lowest BCUT2D eigenvalue weighted by atomic mass is 10.1. The van der Waals surface area contributed by atoms with Crippen LogP contribution in [-0.4, -0.2) is 24.5 Å². The fraction of sp³-hybridized carbons (Fsp3) is 0.500. The van der Waals surface area contributed by atoms with E-state index in [0.717, 1.165) is 29.6 Å². The maximum absolute atomic E-state index is 5.97. The van der Waals surface area contributed by atoms with Gasteiger partial charge in [-0.25, -0.2) is 0 Å². The summed E-state index contributed by atoms with van der Waals surface area (Å²) in [5.74, 6) is 0.970. The van der Waals surface area contributed by atoms with E-state index in [2.05, 4.69) is 37.9 Å². The van der Waals surface area contributed by atoms with Crippen LogP contribution in [0.15, 0.2) is 34.7 Å². The summed E-state index contributed by atoms with van der Waals surface area (Å²) < 4.78 is 5.96. The molecule has 2 rings (SSSR count). The number of fused-ring (bicyclic) bond motifs is 1. The molecule has 1 atom stereocenters. The molecule has 3 nitrogen and oxygen atoms in total. The maximum atomic E-state index is 5.97. The van der Waals surface area contributed by atoms with E-state index in [-0.39, 0.29) is 6.04 Å². The van der Waals surface area contributed by atoms with Gasteiger partial charge in [-0.15, -0.1) is 0 Å². The van der Waals surface area contributed by atoms with Crippen molar-refractivity contribution in [1.82, 2.24) is 4.90 Å². The first-order valence-corrected chi connectivity index (χ1v) is 7.11. The molecule has 0 aliphatic heterocycles. The van der Waals surface area contributed by atoms with Gasteiger partial charge in [-0.05, 0) is 32.0 Å². The minimum absolute atomic E-state index is 0.150. The highest BCUT2D eigenvalue weighted by Gasteiger charge is 2.23. The van der Waals surface area contributed by atoms with Gasteiger partial charge in [0.1, 0.15) is 11.3 Å². The molecule has 3 heteroatoms. The molecular formula is C16H24N2O. The van der Waals surface area contributed by atoms with Crippen molar-refractivity contribution in [2.45, 2.75) is 38.8 Å². The molecule has 0 amide bonds. The Morgan fingerprint density at radius 1 is 1.21 bits per heavy atom. The summed E-state index contributed by atoms with van der Waals surface area (Å²) in [4.78, 5) is 2.34. The number of likely N-dealkylation sites (N-methyl/N-ethyl adjacent to an activating group) is 1. The molecule has 0 aliphatic carbocycles.